The first-order valence-corrected chi connectivity index (χ1v) is 8.70. The fourth-order valence-electron chi connectivity index (χ4n) is 1.34. The fraction of sp³-hybridized carbons (Fsp3) is 0.308. The van der Waals surface area contributed by atoms with Crippen LogP contribution in [0, 0.1) is 0 Å². The van der Waals surface area contributed by atoms with E-state index >= 15 is 0 Å². The van der Waals surface area contributed by atoms with E-state index in [2.05, 4.69) is 45.3 Å². The maximum Gasteiger partial charge on any atom is 0.264 e. The first-order chi connectivity index (χ1) is 10.0. The second kappa shape index (κ2) is 7.77. The van der Waals surface area contributed by atoms with Crippen molar-refractivity contribution in [1.82, 2.24) is 10.2 Å². The molecule has 0 aliphatic heterocycles. The highest BCUT2D eigenvalue weighted by Gasteiger charge is 2.10. The third-order valence-electron chi connectivity index (χ3n) is 2.17. The van der Waals surface area contributed by atoms with Crippen LogP contribution in [0.15, 0.2) is 33.1 Å². The summed E-state index contributed by atoms with van der Waals surface area (Å²) in [4.78, 5) is 11.8. The molecule has 0 saturated heterocycles. The Balaban J connectivity index is 1.81. The lowest BCUT2D eigenvalue weighted by Gasteiger charge is -2.05. The topological polar surface area (TPSA) is 64.1 Å². The molecule has 0 spiro atoms. The number of nitrogens with zero attached hydrogens (tertiary/aromatic N) is 2. The molecule has 0 saturated carbocycles. The summed E-state index contributed by atoms with van der Waals surface area (Å²) in [5.41, 5.74) is 0. The SMILES string of the molecule is CC(C)Sc1nnc(NC(=O)COc2ccc(Br)cc2)s1. The van der Waals surface area contributed by atoms with Gasteiger partial charge in [-0.05, 0) is 24.3 Å². The van der Waals surface area contributed by atoms with E-state index < -0.39 is 0 Å². The maximum absolute atomic E-state index is 11.8. The van der Waals surface area contributed by atoms with Crippen molar-refractivity contribution in [3.8, 4) is 5.75 Å². The van der Waals surface area contributed by atoms with E-state index in [1.54, 1.807) is 23.9 Å². The van der Waals surface area contributed by atoms with E-state index in [-0.39, 0.29) is 12.5 Å². The van der Waals surface area contributed by atoms with Gasteiger partial charge in [-0.25, -0.2) is 0 Å². The van der Waals surface area contributed by atoms with Gasteiger partial charge < -0.3 is 4.74 Å². The first kappa shape index (κ1) is 16.3. The average molecular weight is 388 g/mol. The van der Waals surface area contributed by atoms with Gasteiger partial charge in [-0.2, -0.15) is 0 Å². The molecule has 0 fully saturated rings. The third-order valence-corrected chi connectivity index (χ3v) is 4.63. The third kappa shape index (κ3) is 5.64. The number of nitrogens with one attached hydrogen (secondary N) is 1. The molecule has 112 valence electrons. The second-order valence-corrected chi connectivity index (χ2v) is 8.05. The molecule has 2 rings (SSSR count). The standard InChI is InChI=1S/C13H14BrN3O2S2/c1-8(2)20-13-17-16-12(21-13)15-11(18)7-19-10-5-3-9(14)4-6-10/h3-6,8H,7H2,1-2H3,(H,15,16,18). The molecule has 0 unspecified atom stereocenters. The van der Waals surface area contributed by atoms with E-state index in [9.17, 15) is 4.79 Å². The van der Waals surface area contributed by atoms with Gasteiger partial charge in [0.15, 0.2) is 10.9 Å². The largest absolute Gasteiger partial charge is 0.484 e. The molecular formula is C13H14BrN3O2S2. The first-order valence-electron chi connectivity index (χ1n) is 6.21. The fourth-order valence-corrected chi connectivity index (χ4v) is 3.60. The number of anilines is 1. The molecule has 0 aliphatic rings. The molecule has 1 N–H and O–H groups in total. The van der Waals surface area contributed by atoms with Gasteiger partial charge in [-0.1, -0.05) is 52.9 Å². The Morgan fingerprint density at radius 2 is 2.10 bits per heavy atom. The highest BCUT2D eigenvalue weighted by Crippen LogP contribution is 2.28. The summed E-state index contributed by atoms with van der Waals surface area (Å²) in [6, 6.07) is 7.29. The number of carbonyl (C=O) groups excluding carboxylic acids is 1. The highest BCUT2D eigenvalue weighted by molar-refractivity contribution is 9.10. The zero-order valence-corrected chi connectivity index (χ0v) is 14.7. The van der Waals surface area contributed by atoms with Crippen LogP contribution >= 0.6 is 39.0 Å². The van der Waals surface area contributed by atoms with Gasteiger partial charge >= 0.3 is 0 Å². The molecule has 1 amide bonds. The molecule has 0 bridgehead atoms. The number of amides is 1. The molecule has 1 aromatic carbocycles. The molecule has 5 nitrogen and oxygen atoms in total. The molecule has 2 aromatic rings. The van der Waals surface area contributed by atoms with Gasteiger partial charge in [0.05, 0.1) is 0 Å². The van der Waals surface area contributed by atoms with Gasteiger partial charge in [0.25, 0.3) is 5.91 Å². The number of ether oxygens (including phenoxy) is 1. The predicted molar refractivity (Wildman–Crippen MR) is 89.2 cm³/mol. The van der Waals surface area contributed by atoms with Crippen molar-refractivity contribution in [3.05, 3.63) is 28.7 Å². The average Bonchev–Trinajstić information content (AvgIpc) is 2.84. The number of carbonyl (C=O) groups is 1. The predicted octanol–water partition coefficient (Wildman–Crippen LogP) is 3.82. The number of aromatic nitrogens is 2. The van der Waals surface area contributed by atoms with Crippen LogP contribution < -0.4 is 10.1 Å². The smallest absolute Gasteiger partial charge is 0.264 e. The Hall–Kier alpha value is -1.12. The van der Waals surface area contributed by atoms with Gasteiger partial charge in [0.2, 0.25) is 5.13 Å². The lowest BCUT2D eigenvalue weighted by atomic mass is 10.3. The Morgan fingerprint density at radius 1 is 1.38 bits per heavy atom. The summed E-state index contributed by atoms with van der Waals surface area (Å²) in [5, 5.41) is 11.5. The second-order valence-electron chi connectivity index (χ2n) is 4.33. The summed E-state index contributed by atoms with van der Waals surface area (Å²) in [6.45, 7) is 4.10. The summed E-state index contributed by atoms with van der Waals surface area (Å²) in [6.07, 6.45) is 0. The molecule has 1 heterocycles. The van der Waals surface area contributed by atoms with Crippen LogP contribution in [0.5, 0.6) is 5.75 Å². The Bertz CT molecular complexity index is 602. The highest BCUT2D eigenvalue weighted by atomic mass is 79.9. The van der Waals surface area contributed by atoms with Gasteiger partial charge in [-0.15, -0.1) is 10.2 Å². The lowest BCUT2D eigenvalue weighted by Crippen LogP contribution is -2.20. The van der Waals surface area contributed by atoms with Crippen LogP contribution in [-0.4, -0.2) is 28.0 Å². The van der Waals surface area contributed by atoms with Crippen LogP contribution in [0.1, 0.15) is 13.8 Å². The normalized spacial score (nSPS) is 10.7. The molecule has 8 heteroatoms. The number of rotatable bonds is 6. The summed E-state index contributed by atoms with van der Waals surface area (Å²) >= 11 is 6.31. The zero-order valence-electron chi connectivity index (χ0n) is 11.5. The van der Waals surface area contributed by atoms with Gasteiger partial charge in [-0.3, -0.25) is 10.1 Å². The molecule has 1 aromatic heterocycles. The maximum atomic E-state index is 11.8. The molecular weight excluding hydrogens is 374 g/mol. The van der Waals surface area contributed by atoms with Crippen molar-refractivity contribution in [2.24, 2.45) is 0 Å². The van der Waals surface area contributed by atoms with Crippen molar-refractivity contribution in [2.45, 2.75) is 23.4 Å². The van der Waals surface area contributed by atoms with E-state index in [0.717, 1.165) is 8.81 Å². The van der Waals surface area contributed by atoms with Crippen molar-refractivity contribution >= 4 is 50.1 Å². The van der Waals surface area contributed by atoms with Crippen molar-refractivity contribution in [2.75, 3.05) is 11.9 Å². The summed E-state index contributed by atoms with van der Waals surface area (Å²) in [5.74, 6) is 0.386. The quantitative estimate of drug-likeness (QED) is 0.602. The van der Waals surface area contributed by atoms with Crippen LogP contribution in [-0.2, 0) is 4.79 Å². The number of hydrogen-bond acceptors (Lipinski definition) is 6. The van der Waals surface area contributed by atoms with Crippen LogP contribution in [0.2, 0.25) is 0 Å². The Kier molecular flexibility index (Phi) is 6.01. The number of hydrogen-bond donors (Lipinski definition) is 1. The Labute approximate surface area is 139 Å². The van der Waals surface area contributed by atoms with E-state index in [0.29, 0.717) is 16.1 Å². The number of benzene rings is 1. The van der Waals surface area contributed by atoms with Crippen molar-refractivity contribution in [1.29, 1.82) is 0 Å². The summed E-state index contributed by atoms with van der Waals surface area (Å²) in [7, 11) is 0. The molecule has 0 radical (unpaired) electrons. The van der Waals surface area contributed by atoms with Gasteiger partial charge in [0.1, 0.15) is 5.75 Å². The number of thioether (sulfide) groups is 1. The van der Waals surface area contributed by atoms with Crippen LogP contribution in [0.25, 0.3) is 0 Å². The monoisotopic (exact) mass is 387 g/mol. The van der Waals surface area contributed by atoms with Gasteiger partial charge in [0, 0.05) is 9.72 Å². The van der Waals surface area contributed by atoms with Crippen molar-refractivity contribution < 1.29 is 9.53 Å². The Morgan fingerprint density at radius 3 is 2.76 bits per heavy atom. The van der Waals surface area contributed by atoms with E-state index in [1.165, 1.54) is 11.3 Å². The lowest BCUT2D eigenvalue weighted by molar-refractivity contribution is -0.118. The van der Waals surface area contributed by atoms with Crippen LogP contribution in [0.4, 0.5) is 5.13 Å². The molecule has 0 aliphatic carbocycles. The minimum Gasteiger partial charge on any atom is -0.484 e. The summed E-state index contributed by atoms with van der Waals surface area (Å²) < 4.78 is 7.19. The minimum atomic E-state index is -0.254. The number of halogens is 1. The van der Waals surface area contributed by atoms with E-state index in [1.807, 2.05) is 12.1 Å². The van der Waals surface area contributed by atoms with Crippen molar-refractivity contribution in [3.63, 3.8) is 0 Å². The van der Waals surface area contributed by atoms with Crippen LogP contribution in [0.3, 0.4) is 0 Å². The zero-order chi connectivity index (χ0) is 15.2. The minimum absolute atomic E-state index is 0.0616. The molecule has 0 atom stereocenters. The molecule has 21 heavy (non-hydrogen) atoms. The van der Waals surface area contributed by atoms with E-state index in [4.69, 9.17) is 4.74 Å².